The second-order valence-corrected chi connectivity index (χ2v) is 7.66. The molecule has 29 heavy (non-hydrogen) atoms. The molecule has 0 atom stereocenters. The molecule has 0 saturated carbocycles. The van der Waals surface area contributed by atoms with E-state index < -0.39 is 0 Å². The van der Waals surface area contributed by atoms with Gasteiger partial charge in [-0.3, -0.25) is 9.59 Å². The molecule has 0 bridgehead atoms. The Morgan fingerprint density at radius 3 is 2.38 bits per heavy atom. The van der Waals surface area contributed by atoms with Gasteiger partial charge in [0.1, 0.15) is 6.54 Å². The van der Waals surface area contributed by atoms with Gasteiger partial charge in [0, 0.05) is 23.7 Å². The molecule has 1 N–H and O–H groups in total. The highest BCUT2D eigenvalue weighted by molar-refractivity contribution is 7.13. The number of carbonyl (C=O) groups excluding carboxylic acids is 2. The van der Waals surface area contributed by atoms with Gasteiger partial charge in [0.15, 0.2) is 5.13 Å². The first-order valence-electron chi connectivity index (χ1n) is 9.81. The molecule has 0 radical (unpaired) electrons. The third kappa shape index (κ3) is 5.99. The Labute approximate surface area is 175 Å². The van der Waals surface area contributed by atoms with Crippen LogP contribution in [0.5, 0.6) is 0 Å². The van der Waals surface area contributed by atoms with Crippen LogP contribution in [0.3, 0.4) is 0 Å². The average Bonchev–Trinajstić information content (AvgIpc) is 3.26. The van der Waals surface area contributed by atoms with Gasteiger partial charge in [-0.05, 0) is 29.7 Å². The van der Waals surface area contributed by atoms with Crippen LogP contribution in [-0.2, 0) is 4.79 Å². The van der Waals surface area contributed by atoms with E-state index in [4.69, 9.17) is 0 Å². The van der Waals surface area contributed by atoms with Crippen molar-refractivity contribution in [1.29, 1.82) is 0 Å². The van der Waals surface area contributed by atoms with Crippen LogP contribution >= 0.6 is 11.3 Å². The molecule has 3 aromatic rings. The molecule has 0 aliphatic rings. The van der Waals surface area contributed by atoms with Crippen LogP contribution in [0.2, 0.25) is 0 Å². The zero-order valence-electron chi connectivity index (χ0n) is 16.5. The second kappa shape index (κ2) is 10.5. The Morgan fingerprint density at radius 2 is 1.72 bits per heavy atom. The van der Waals surface area contributed by atoms with Crippen molar-refractivity contribution in [1.82, 2.24) is 9.88 Å². The van der Waals surface area contributed by atoms with E-state index in [1.54, 1.807) is 16.5 Å². The highest BCUT2D eigenvalue weighted by Gasteiger charge is 2.19. The van der Waals surface area contributed by atoms with Crippen LogP contribution in [-0.4, -0.2) is 34.8 Å². The minimum absolute atomic E-state index is 0.0164. The number of benzene rings is 2. The number of nitrogens with zero attached hydrogens (tertiary/aromatic N) is 2. The average molecular weight is 408 g/mol. The van der Waals surface area contributed by atoms with Crippen LogP contribution in [0.4, 0.5) is 5.13 Å². The number of rotatable bonds is 9. The zero-order chi connectivity index (χ0) is 20.5. The lowest BCUT2D eigenvalue weighted by atomic mass is 10.0. The van der Waals surface area contributed by atoms with E-state index in [2.05, 4.69) is 17.2 Å². The summed E-state index contributed by atoms with van der Waals surface area (Å²) in [5.74, 6) is -0.360. The fraction of sp³-hybridized carbons (Fsp3) is 0.261. The SMILES string of the molecule is CCCCCN(CC(=O)Nc1nccs1)C(=O)c1ccc(-c2ccccc2)cc1. The molecule has 1 heterocycles. The van der Waals surface area contributed by atoms with Crippen LogP contribution in [0, 0.1) is 0 Å². The molecule has 0 spiro atoms. The number of nitrogens with one attached hydrogen (secondary N) is 1. The molecule has 3 rings (SSSR count). The summed E-state index contributed by atoms with van der Waals surface area (Å²) in [6, 6.07) is 17.6. The van der Waals surface area contributed by atoms with Gasteiger partial charge < -0.3 is 10.2 Å². The van der Waals surface area contributed by atoms with Crippen LogP contribution in [0.15, 0.2) is 66.2 Å². The molecule has 2 amide bonds. The number of amides is 2. The van der Waals surface area contributed by atoms with E-state index in [1.807, 2.05) is 54.6 Å². The predicted molar refractivity (Wildman–Crippen MR) is 118 cm³/mol. The Bertz CT molecular complexity index is 909. The van der Waals surface area contributed by atoms with Gasteiger partial charge in [-0.2, -0.15) is 0 Å². The maximum absolute atomic E-state index is 13.1. The summed E-state index contributed by atoms with van der Waals surface area (Å²) < 4.78 is 0. The first-order chi connectivity index (χ1) is 14.2. The van der Waals surface area contributed by atoms with Crippen molar-refractivity contribution in [3.05, 3.63) is 71.7 Å². The Morgan fingerprint density at radius 1 is 1.00 bits per heavy atom. The largest absolute Gasteiger partial charge is 0.329 e. The number of thiazole rings is 1. The molecule has 0 aliphatic carbocycles. The molecule has 6 heteroatoms. The Hall–Kier alpha value is -2.99. The van der Waals surface area contributed by atoms with Crippen molar-refractivity contribution in [2.24, 2.45) is 0 Å². The van der Waals surface area contributed by atoms with Crippen molar-refractivity contribution in [3.8, 4) is 11.1 Å². The molecular formula is C23H25N3O2S. The van der Waals surface area contributed by atoms with Gasteiger partial charge in [0.05, 0.1) is 0 Å². The molecule has 0 fully saturated rings. The minimum Gasteiger partial charge on any atom is -0.329 e. The number of hydrogen-bond donors (Lipinski definition) is 1. The maximum atomic E-state index is 13.1. The van der Waals surface area contributed by atoms with Gasteiger partial charge in [-0.1, -0.05) is 62.2 Å². The van der Waals surface area contributed by atoms with Crippen molar-refractivity contribution >= 4 is 28.3 Å². The highest BCUT2D eigenvalue weighted by Crippen LogP contribution is 2.20. The zero-order valence-corrected chi connectivity index (χ0v) is 17.3. The molecule has 0 saturated heterocycles. The molecular weight excluding hydrogens is 382 g/mol. The molecule has 0 aliphatic heterocycles. The van der Waals surface area contributed by atoms with Crippen LogP contribution in [0.1, 0.15) is 36.5 Å². The number of aromatic nitrogens is 1. The monoisotopic (exact) mass is 407 g/mol. The third-order valence-corrected chi connectivity index (χ3v) is 5.26. The molecule has 2 aromatic carbocycles. The lowest BCUT2D eigenvalue weighted by molar-refractivity contribution is -0.116. The van der Waals surface area contributed by atoms with Gasteiger partial charge in [0.2, 0.25) is 5.91 Å². The minimum atomic E-state index is -0.231. The summed E-state index contributed by atoms with van der Waals surface area (Å²) in [6.45, 7) is 2.69. The normalized spacial score (nSPS) is 10.5. The van der Waals surface area contributed by atoms with Crippen molar-refractivity contribution in [2.75, 3.05) is 18.4 Å². The molecule has 150 valence electrons. The maximum Gasteiger partial charge on any atom is 0.254 e. The van der Waals surface area contributed by atoms with Crippen LogP contribution < -0.4 is 5.32 Å². The standard InChI is InChI=1S/C23H25N3O2S/c1-2-3-7-15-26(17-21(27)25-23-24-14-16-29-23)22(28)20-12-10-19(11-13-20)18-8-5-4-6-9-18/h4-6,8-14,16H,2-3,7,15,17H2,1H3,(H,24,25,27). The fourth-order valence-electron chi connectivity index (χ4n) is 3.04. The summed E-state index contributed by atoms with van der Waals surface area (Å²) in [5.41, 5.74) is 2.75. The van der Waals surface area contributed by atoms with E-state index in [0.29, 0.717) is 17.2 Å². The van der Waals surface area contributed by atoms with Crippen LogP contribution in [0.25, 0.3) is 11.1 Å². The summed E-state index contributed by atoms with van der Waals surface area (Å²) in [5, 5.41) is 5.10. The summed E-state index contributed by atoms with van der Waals surface area (Å²) in [6.07, 6.45) is 4.58. The third-order valence-electron chi connectivity index (χ3n) is 4.57. The van der Waals surface area contributed by atoms with E-state index >= 15 is 0 Å². The summed E-state index contributed by atoms with van der Waals surface area (Å²) in [7, 11) is 0. The summed E-state index contributed by atoms with van der Waals surface area (Å²) >= 11 is 1.36. The van der Waals surface area contributed by atoms with Crippen molar-refractivity contribution < 1.29 is 9.59 Å². The van der Waals surface area contributed by atoms with Gasteiger partial charge in [-0.25, -0.2) is 4.98 Å². The van der Waals surface area contributed by atoms with Crippen molar-refractivity contribution in [2.45, 2.75) is 26.2 Å². The molecule has 0 unspecified atom stereocenters. The highest BCUT2D eigenvalue weighted by atomic mass is 32.1. The molecule has 5 nitrogen and oxygen atoms in total. The first-order valence-corrected chi connectivity index (χ1v) is 10.7. The second-order valence-electron chi connectivity index (χ2n) is 6.76. The smallest absolute Gasteiger partial charge is 0.254 e. The number of anilines is 1. The van der Waals surface area contributed by atoms with E-state index in [9.17, 15) is 9.59 Å². The van der Waals surface area contributed by atoms with Gasteiger partial charge in [0.25, 0.3) is 5.91 Å². The van der Waals surface area contributed by atoms with E-state index in [1.165, 1.54) is 11.3 Å². The Balaban J connectivity index is 1.70. The predicted octanol–water partition coefficient (Wildman–Crippen LogP) is 5.08. The lowest BCUT2D eigenvalue weighted by Gasteiger charge is -2.22. The fourth-order valence-corrected chi connectivity index (χ4v) is 3.59. The lowest BCUT2D eigenvalue weighted by Crippen LogP contribution is -2.38. The topological polar surface area (TPSA) is 62.3 Å². The quantitative estimate of drug-likeness (QED) is 0.503. The number of hydrogen-bond acceptors (Lipinski definition) is 4. The first kappa shape index (κ1) is 20.7. The number of unbranched alkanes of at least 4 members (excludes halogenated alkanes) is 2. The molecule has 1 aromatic heterocycles. The number of carbonyl (C=O) groups is 2. The van der Waals surface area contributed by atoms with Gasteiger partial charge >= 0.3 is 0 Å². The Kier molecular flexibility index (Phi) is 7.53. The van der Waals surface area contributed by atoms with Gasteiger partial charge in [-0.15, -0.1) is 11.3 Å². The van der Waals surface area contributed by atoms with E-state index in [-0.39, 0.29) is 18.4 Å². The van der Waals surface area contributed by atoms with Crippen molar-refractivity contribution in [3.63, 3.8) is 0 Å². The van der Waals surface area contributed by atoms with E-state index in [0.717, 1.165) is 30.4 Å². The summed E-state index contributed by atoms with van der Waals surface area (Å²) in [4.78, 5) is 31.1.